The first-order valence-corrected chi connectivity index (χ1v) is 10.1. The average Bonchev–Trinajstić information content (AvgIpc) is 2.50. The Morgan fingerprint density at radius 3 is 2.50 bits per heavy atom. The number of amides is 1. The van der Waals surface area contributed by atoms with E-state index >= 15 is 0 Å². The number of hydrogen-bond donors (Lipinski definition) is 1. The Bertz CT molecular complexity index is 680. The molecule has 24 heavy (non-hydrogen) atoms. The van der Waals surface area contributed by atoms with Gasteiger partial charge in [-0.3, -0.25) is 4.79 Å². The molecule has 2 rings (SSSR count). The lowest BCUT2D eigenvalue weighted by Crippen LogP contribution is -2.46. The summed E-state index contributed by atoms with van der Waals surface area (Å²) in [6.07, 6.45) is 2.79. The zero-order chi connectivity index (χ0) is 17.7. The van der Waals surface area contributed by atoms with E-state index in [-0.39, 0.29) is 11.9 Å². The average molecular weight is 354 g/mol. The first kappa shape index (κ1) is 18.7. The Labute approximate surface area is 144 Å². The van der Waals surface area contributed by atoms with E-state index in [0.29, 0.717) is 39.0 Å². The van der Waals surface area contributed by atoms with E-state index in [9.17, 15) is 13.2 Å². The van der Waals surface area contributed by atoms with E-state index in [1.165, 1.54) is 11.1 Å². The molecule has 1 amide bonds. The standard InChI is InChI=1S/C17H26N2O4S/c1-13-4-5-16(12-14(13)2)23-11-8-17(20)19-9-6-15(7-10-19)18-24(3,21)22/h4-5,12,15,18H,6-11H2,1-3H3. The van der Waals surface area contributed by atoms with Gasteiger partial charge < -0.3 is 9.64 Å². The van der Waals surface area contributed by atoms with Crippen LogP contribution >= 0.6 is 0 Å². The quantitative estimate of drug-likeness (QED) is 0.842. The number of sulfonamides is 1. The number of piperidine rings is 1. The molecule has 1 heterocycles. The zero-order valence-electron chi connectivity index (χ0n) is 14.5. The Morgan fingerprint density at radius 1 is 1.25 bits per heavy atom. The van der Waals surface area contributed by atoms with Crippen molar-refractivity contribution in [1.82, 2.24) is 9.62 Å². The van der Waals surface area contributed by atoms with Gasteiger partial charge in [0.1, 0.15) is 5.75 Å². The Morgan fingerprint density at radius 2 is 1.92 bits per heavy atom. The molecule has 0 bridgehead atoms. The number of aryl methyl sites for hydroxylation is 2. The van der Waals surface area contributed by atoms with Crippen molar-refractivity contribution in [2.24, 2.45) is 0 Å². The van der Waals surface area contributed by atoms with E-state index in [4.69, 9.17) is 4.74 Å². The van der Waals surface area contributed by atoms with Crippen LogP contribution in [-0.2, 0) is 14.8 Å². The topological polar surface area (TPSA) is 75.7 Å². The van der Waals surface area contributed by atoms with E-state index in [0.717, 1.165) is 12.0 Å². The van der Waals surface area contributed by atoms with Gasteiger partial charge in [-0.25, -0.2) is 13.1 Å². The van der Waals surface area contributed by atoms with Crippen molar-refractivity contribution < 1.29 is 17.9 Å². The molecule has 0 saturated carbocycles. The van der Waals surface area contributed by atoms with Gasteiger partial charge in [-0.05, 0) is 49.9 Å². The highest BCUT2D eigenvalue weighted by Gasteiger charge is 2.24. The molecular formula is C17H26N2O4S. The van der Waals surface area contributed by atoms with Crippen LogP contribution in [0.25, 0.3) is 0 Å². The SMILES string of the molecule is Cc1ccc(OCCC(=O)N2CCC(NS(C)(=O)=O)CC2)cc1C. The molecule has 1 fully saturated rings. The third-order valence-corrected chi connectivity index (χ3v) is 5.05. The Kier molecular flexibility index (Phi) is 6.23. The maximum Gasteiger partial charge on any atom is 0.225 e. The molecule has 7 heteroatoms. The van der Waals surface area contributed by atoms with E-state index in [1.54, 1.807) is 4.90 Å². The van der Waals surface area contributed by atoms with Crippen LogP contribution in [0.3, 0.4) is 0 Å². The summed E-state index contributed by atoms with van der Waals surface area (Å²) in [5, 5.41) is 0. The van der Waals surface area contributed by atoms with Crippen molar-refractivity contribution in [2.45, 2.75) is 39.2 Å². The van der Waals surface area contributed by atoms with Gasteiger partial charge in [0.15, 0.2) is 0 Å². The fourth-order valence-electron chi connectivity index (χ4n) is 2.77. The van der Waals surface area contributed by atoms with Crippen molar-refractivity contribution >= 4 is 15.9 Å². The van der Waals surface area contributed by atoms with Crippen LogP contribution < -0.4 is 9.46 Å². The van der Waals surface area contributed by atoms with E-state index < -0.39 is 10.0 Å². The van der Waals surface area contributed by atoms with Gasteiger partial charge in [-0.1, -0.05) is 6.07 Å². The summed E-state index contributed by atoms with van der Waals surface area (Å²) in [7, 11) is -3.19. The lowest BCUT2D eigenvalue weighted by atomic mass is 10.1. The minimum absolute atomic E-state index is 0.0524. The molecule has 1 aliphatic heterocycles. The van der Waals surface area contributed by atoms with Crippen LogP contribution in [0, 0.1) is 13.8 Å². The number of carbonyl (C=O) groups excluding carboxylic acids is 1. The fourth-order valence-corrected chi connectivity index (χ4v) is 3.61. The number of carbonyl (C=O) groups is 1. The van der Waals surface area contributed by atoms with Crippen molar-refractivity contribution in [3.8, 4) is 5.75 Å². The smallest absolute Gasteiger partial charge is 0.225 e. The highest BCUT2D eigenvalue weighted by Crippen LogP contribution is 2.17. The largest absolute Gasteiger partial charge is 0.493 e. The third kappa shape index (κ3) is 5.79. The Balaban J connectivity index is 1.73. The second-order valence-corrected chi connectivity index (χ2v) is 8.17. The molecule has 0 spiro atoms. The van der Waals surface area contributed by atoms with Crippen molar-refractivity contribution in [3.63, 3.8) is 0 Å². The van der Waals surface area contributed by atoms with Gasteiger partial charge >= 0.3 is 0 Å². The van der Waals surface area contributed by atoms with Gasteiger partial charge in [0.2, 0.25) is 15.9 Å². The van der Waals surface area contributed by atoms with Crippen LogP contribution in [-0.4, -0.2) is 51.2 Å². The molecular weight excluding hydrogens is 328 g/mol. The number of hydrogen-bond acceptors (Lipinski definition) is 4. The highest BCUT2D eigenvalue weighted by atomic mass is 32.2. The number of nitrogens with zero attached hydrogens (tertiary/aromatic N) is 1. The molecule has 0 radical (unpaired) electrons. The number of ether oxygens (including phenoxy) is 1. The van der Waals surface area contributed by atoms with Crippen LogP contribution in [0.4, 0.5) is 0 Å². The van der Waals surface area contributed by atoms with E-state index in [1.807, 2.05) is 32.0 Å². The van der Waals surface area contributed by atoms with E-state index in [2.05, 4.69) is 4.72 Å². The van der Waals surface area contributed by atoms with Gasteiger partial charge in [-0.2, -0.15) is 0 Å². The molecule has 1 aliphatic rings. The van der Waals surface area contributed by atoms with Crippen molar-refractivity contribution in [1.29, 1.82) is 0 Å². The molecule has 1 saturated heterocycles. The van der Waals surface area contributed by atoms with Crippen molar-refractivity contribution in [2.75, 3.05) is 26.0 Å². The molecule has 0 aromatic heterocycles. The fraction of sp³-hybridized carbons (Fsp3) is 0.588. The normalized spacial score (nSPS) is 16.2. The predicted molar refractivity (Wildman–Crippen MR) is 93.6 cm³/mol. The number of likely N-dealkylation sites (tertiary alicyclic amines) is 1. The second kappa shape index (κ2) is 7.98. The van der Waals surface area contributed by atoms with Crippen molar-refractivity contribution in [3.05, 3.63) is 29.3 Å². The predicted octanol–water partition coefficient (Wildman–Crippen LogP) is 1.61. The first-order valence-electron chi connectivity index (χ1n) is 8.20. The van der Waals surface area contributed by atoms with Gasteiger partial charge in [0.25, 0.3) is 0 Å². The van der Waals surface area contributed by atoms with Crippen LogP contribution in [0.5, 0.6) is 5.75 Å². The molecule has 0 atom stereocenters. The lowest BCUT2D eigenvalue weighted by Gasteiger charge is -2.32. The van der Waals surface area contributed by atoms with Crippen LogP contribution in [0.1, 0.15) is 30.4 Å². The summed E-state index contributed by atoms with van der Waals surface area (Å²) < 4.78 is 30.7. The summed E-state index contributed by atoms with van der Waals surface area (Å²) in [6, 6.07) is 5.82. The van der Waals surface area contributed by atoms with Gasteiger partial charge in [-0.15, -0.1) is 0 Å². The Hall–Kier alpha value is -1.60. The van der Waals surface area contributed by atoms with Gasteiger partial charge in [0.05, 0.1) is 19.3 Å². The summed E-state index contributed by atoms with van der Waals surface area (Å²) in [5.74, 6) is 0.832. The maximum atomic E-state index is 12.2. The lowest BCUT2D eigenvalue weighted by molar-refractivity contribution is -0.132. The first-order chi connectivity index (χ1) is 11.2. The molecule has 1 aromatic carbocycles. The molecule has 1 N–H and O–H groups in total. The monoisotopic (exact) mass is 354 g/mol. The molecule has 1 aromatic rings. The number of rotatable bonds is 6. The molecule has 134 valence electrons. The van der Waals surface area contributed by atoms with Crippen LogP contribution in [0.15, 0.2) is 18.2 Å². The summed E-state index contributed by atoms with van der Waals surface area (Å²) in [6.45, 7) is 5.58. The molecule has 0 unspecified atom stereocenters. The summed E-state index contributed by atoms with van der Waals surface area (Å²) in [5.41, 5.74) is 2.38. The third-order valence-electron chi connectivity index (χ3n) is 4.29. The number of benzene rings is 1. The minimum atomic E-state index is -3.19. The van der Waals surface area contributed by atoms with Gasteiger partial charge in [0, 0.05) is 19.1 Å². The molecule has 6 nitrogen and oxygen atoms in total. The maximum absolute atomic E-state index is 12.2. The zero-order valence-corrected chi connectivity index (χ0v) is 15.4. The van der Waals surface area contributed by atoms with Crippen LogP contribution in [0.2, 0.25) is 0 Å². The second-order valence-electron chi connectivity index (χ2n) is 6.39. The number of nitrogens with one attached hydrogen (secondary N) is 1. The summed E-state index contributed by atoms with van der Waals surface area (Å²) in [4.78, 5) is 14.0. The summed E-state index contributed by atoms with van der Waals surface area (Å²) >= 11 is 0. The minimum Gasteiger partial charge on any atom is -0.493 e. The molecule has 0 aliphatic carbocycles. The highest BCUT2D eigenvalue weighted by molar-refractivity contribution is 7.88.